The molecule has 0 atom stereocenters. The van der Waals surface area contributed by atoms with Crippen LogP contribution in [0.4, 0.5) is 13.2 Å². The highest BCUT2D eigenvalue weighted by Gasteiger charge is 2.31. The Labute approximate surface area is 180 Å². The quantitative estimate of drug-likeness (QED) is 0.271. The van der Waals surface area contributed by atoms with Crippen molar-refractivity contribution in [2.24, 2.45) is 11.8 Å². The first-order valence-corrected chi connectivity index (χ1v) is 12.0. The molecule has 3 rings (SSSR count). The lowest BCUT2D eigenvalue weighted by molar-refractivity contribution is -0.274. The predicted molar refractivity (Wildman–Crippen MR) is 117 cm³/mol. The van der Waals surface area contributed by atoms with E-state index in [2.05, 4.69) is 17.7 Å². The van der Waals surface area contributed by atoms with Crippen molar-refractivity contribution in [2.45, 2.75) is 103 Å². The summed E-state index contributed by atoms with van der Waals surface area (Å²) in [6.45, 7) is 2.27. The van der Waals surface area contributed by atoms with Crippen molar-refractivity contribution >= 4 is 0 Å². The van der Waals surface area contributed by atoms with Crippen LogP contribution < -0.4 is 4.74 Å². The highest BCUT2D eigenvalue weighted by molar-refractivity contribution is 5.42. The summed E-state index contributed by atoms with van der Waals surface area (Å²) < 4.78 is 41.3. The Morgan fingerprint density at radius 2 is 1.60 bits per heavy atom. The molecular formula is C26H37F3O. The summed E-state index contributed by atoms with van der Waals surface area (Å²) in [4.78, 5) is 0. The van der Waals surface area contributed by atoms with Crippen LogP contribution in [0.15, 0.2) is 29.8 Å². The summed E-state index contributed by atoms with van der Waals surface area (Å²) in [5.41, 5.74) is 3.55. The molecule has 30 heavy (non-hydrogen) atoms. The second kappa shape index (κ2) is 11.2. The van der Waals surface area contributed by atoms with Gasteiger partial charge in [-0.25, -0.2) is 0 Å². The molecule has 0 aromatic heterocycles. The van der Waals surface area contributed by atoms with Gasteiger partial charge >= 0.3 is 6.36 Å². The van der Waals surface area contributed by atoms with E-state index in [1.165, 1.54) is 82.3 Å². The number of hydrogen-bond acceptors (Lipinski definition) is 1. The molecule has 168 valence electrons. The molecule has 0 amide bonds. The first kappa shape index (κ1) is 23.2. The van der Waals surface area contributed by atoms with E-state index in [1.807, 2.05) is 0 Å². The lowest BCUT2D eigenvalue weighted by Gasteiger charge is -2.29. The van der Waals surface area contributed by atoms with Crippen molar-refractivity contribution in [1.82, 2.24) is 0 Å². The average Bonchev–Trinajstić information content (AvgIpc) is 2.72. The molecule has 0 aliphatic heterocycles. The highest BCUT2D eigenvalue weighted by atomic mass is 19.4. The molecule has 0 radical (unpaired) electrons. The second-order valence-electron chi connectivity index (χ2n) is 9.35. The van der Waals surface area contributed by atoms with Crippen molar-refractivity contribution in [3.8, 4) is 5.75 Å². The van der Waals surface area contributed by atoms with Crippen LogP contribution in [-0.2, 0) is 12.8 Å². The van der Waals surface area contributed by atoms with E-state index < -0.39 is 6.36 Å². The molecule has 1 saturated carbocycles. The van der Waals surface area contributed by atoms with Crippen molar-refractivity contribution in [1.29, 1.82) is 0 Å². The Bertz CT molecular complexity index is 684. The van der Waals surface area contributed by atoms with E-state index in [0.717, 1.165) is 35.8 Å². The minimum Gasteiger partial charge on any atom is -0.406 e. The Morgan fingerprint density at radius 1 is 0.900 bits per heavy atom. The third-order valence-electron chi connectivity index (χ3n) is 7.00. The minimum absolute atomic E-state index is 0.111. The van der Waals surface area contributed by atoms with E-state index in [1.54, 1.807) is 12.1 Å². The fourth-order valence-corrected chi connectivity index (χ4v) is 5.16. The zero-order valence-electron chi connectivity index (χ0n) is 18.4. The summed E-state index contributed by atoms with van der Waals surface area (Å²) in [5, 5.41) is 0. The van der Waals surface area contributed by atoms with Crippen LogP contribution in [0.3, 0.4) is 0 Å². The van der Waals surface area contributed by atoms with Crippen LogP contribution in [0.1, 0.15) is 95.1 Å². The Morgan fingerprint density at radius 3 is 2.30 bits per heavy atom. The summed E-state index contributed by atoms with van der Waals surface area (Å²) in [6, 6.07) is 4.79. The number of allylic oxidation sites excluding steroid dienone is 2. The van der Waals surface area contributed by atoms with E-state index in [-0.39, 0.29) is 5.75 Å². The zero-order valence-corrected chi connectivity index (χ0v) is 18.4. The average molecular weight is 423 g/mol. The van der Waals surface area contributed by atoms with E-state index in [4.69, 9.17) is 0 Å². The molecule has 1 aromatic carbocycles. The third-order valence-corrected chi connectivity index (χ3v) is 7.00. The Kier molecular flexibility index (Phi) is 8.71. The molecule has 1 aromatic rings. The van der Waals surface area contributed by atoms with Gasteiger partial charge in [-0.3, -0.25) is 0 Å². The molecular weight excluding hydrogens is 385 g/mol. The van der Waals surface area contributed by atoms with E-state index >= 15 is 0 Å². The number of unbranched alkanes of at least 4 members (excludes halogenated alkanes) is 4. The van der Waals surface area contributed by atoms with Crippen molar-refractivity contribution in [3.63, 3.8) is 0 Å². The first-order chi connectivity index (χ1) is 14.4. The summed E-state index contributed by atoms with van der Waals surface area (Å²) >= 11 is 0. The smallest absolute Gasteiger partial charge is 0.406 e. The van der Waals surface area contributed by atoms with Crippen LogP contribution in [0.2, 0.25) is 0 Å². The molecule has 0 bridgehead atoms. The van der Waals surface area contributed by atoms with Gasteiger partial charge in [0.15, 0.2) is 0 Å². The molecule has 0 unspecified atom stereocenters. The third kappa shape index (κ3) is 7.67. The fraction of sp³-hybridized carbons (Fsp3) is 0.692. The maximum atomic E-state index is 12.4. The summed E-state index contributed by atoms with van der Waals surface area (Å²) in [5.74, 6) is 1.70. The number of hydrogen-bond donors (Lipinski definition) is 0. The van der Waals surface area contributed by atoms with Crippen LogP contribution in [-0.4, -0.2) is 6.36 Å². The van der Waals surface area contributed by atoms with Crippen molar-refractivity contribution in [3.05, 3.63) is 41.0 Å². The topological polar surface area (TPSA) is 9.23 Å². The van der Waals surface area contributed by atoms with Crippen molar-refractivity contribution < 1.29 is 17.9 Å². The van der Waals surface area contributed by atoms with Gasteiger partial charge in [-0.2, -0.15) is 0 Å². The fourth-order valence-electron chi connectivity index (χ4n) is 5.16. The molecule has 4 heteroatoms. The number of alkyl halides is 3. The van der Waals surface area contributed by atoms with Crippen LogP contribution >= 0.6 is 0 Å². The SMILES string of the molecule is CCCCCCCC1CCC(CCC2=CCc3cc(OC(F)(F)F)ccc3C2)CC1. The number of fused-ring (bicyclic) bond motifs is 1. The number of rotatable bonds is 10. The summed E-state index contributed by atoms with van der Waals surface area (Å²) in [7, 11) is 0. The molecule has 1 fully saturated rings. The van der Waals surface area contributed by atoms with Gasteiger partial charge < -0.3 is 4.74 Å². The predicted octanol–water partition coefficient (Wildman–Crippen LogP) is 8.56. The largest absolute Gasteiger partial charge is 0.573 e. The lowest BCUT2D eigenvalue weighted by Crippen LogP contribution is -2.17. The maximum absolute atomic E-state index is 12.4. The normalized spacial score (nSPS) is 21.8. The summed E-state index contributed by atoms with van der Waals surface area (Å²) in [6.07, 6.45) is 15.5. The van der Waals surface area contributed by atoms with Gasteiger partial charge in [0.05, 0.1) is 0 Å². The van der Waals surface area contributed by atoms with Gasteiger partial charge in [-0.1, -0.05) is 88.8 Å². The standard InChI is InChI=1S/C26H37F3O/c1-2-3-4-5-6-7-20-8-10-21(11-9-20)12-13-22-14-15-24-19-25(30-26(27,28)29)17-16-23(24)18-22/h14,16-17,19-21H,2-13,15,18H2,1H3. The van der Waals surface area contributed by atoms with Gasteiger partial charge in [0, 0.05) is 0 Å². The van der Waals surface area contributed by atoms with Gasteiger partial charge in [-0.15, -0.1) is 13.2 Å². The molecule has 0 spiro atoms. The molecule has 0 heterocycles. The number of halogens is 3. The zero-order chi connectivity index (χ0) is 21.4. The van der Waals surface area contributed by atoms with Gasteiger partial charge in [0.2, 0.25) is 0 Å². The van der Waals surface area contributed by atoms with Crippen molar-refractivity contribution in [2.75, 3.05) is 0 Å². The van der Waals surface area contributed by atoms with Crippen LogP contribution in [0.5, 0.6) is 5.75 Å². The Hall–Kier alpha value is -1.45. The highest BCUT2D eigenvalue weighted by Crippen LogP contribution is 2.36. The van der Waals surface area contributed by atoms with Crippen LogP contribution in [0, 0.1) is 11.8 Å². The Balaban J connectivity index is 1.36. The molecule has 2 aliphatic carbocycles. The van der Waals surface area contributed by atoms with Gasteiger partial charge in [0.1, 0.15) is 5.75 Å². The van der Waals surface area contributed by atoms with Crippen LogP contribution in [0.25, 0.3) is 0 Å². The molecule has 0 N–H and O–H groups in total. The van der Waals surface area contributed by atoms with E-state index in [0.29, 0.717) is 6.42 Å². The minimum atomic E-state index is -4.63. The van der Waals surface area contributed by atoms with Gasteiger partial charge in [0.25, 0.3) is 0 Å². The molecule has 2 aliphatic rings. The second-order valence-corrected chi connectivity index (χ2v) is 9.35. The molecule has 1 nitrogen and oxygen atoms in total. The monoisotopic (exact) mass is 422 g/mol. The number of ether oxygens (including phenoxy) is 1. The first-order valence-electron chi connectivity index (χ1n) is 12.0. The maximum Gasteiger partial charge on any atom is 0.573 e. The lowest BCUT2D eigenvalue weighted by atomic mass is 9.77. The number of benzene rings is 1. The van der Waals surface area contributed by atoms with E-state index in [9.17, 15) is 13.2 Å². The molecule has 0 saturated heterocycles. The van der Waals surface area contributed by atoms with Gasteiger partial charge in [-0.05, 0) is 60.8 Å².